The van der Waals surface area contributed by atoms with Crippen molar-refractivity contribution in [1.82, 2.24) is 0 Å². The van der Waals surface area contributed by atoms with Crippen molar-refractivity contribution in [3.05, 3.63) is 0 Å². The van der Waals surface area contributed by atoms with Crippen molar-refractivity contribution in [2.24, 2.45) is 28.6 Å². The summed E-state index contributed by atoms with van der Waals surface area (Å²) >= 11 is 0. The van der Waals surface area contributed by atoms with Gasteiger partial charge in [-0.2, -0.15) is 0 Å². The van der Waals surface area contributed by atoms with Crippen molar-refractivity contribution in [3.8, 4) is 0 Å². The zero-order valence-corrected chi connectivity index (χ0v) is 16.1. The molecule has 0 radical (unpaired) electrons. The van der Waals surface area contributed by atoms with Crippen LogP contribution in [-0.4, -0.2) is 39.2 Å². The molecule has 4 saturated carbocycles. The highest BCUT2D eigenvalue weighted by Crippen LogP contribution is 2.70. The summed E-state index contributed by atoms with van der Waals surface area (Å²) in [5, 5.41) is 22.2. The van der Waals surface area contributed by atoms with Gasteiger partial charge in [-0.25, -0.2) is 4.39 Å². The minimum Gasteiger partial charge on any atom is -0.390 e. The monoisotopic (exact) mass is 366 g/mol. The van der Waals surface area contributed by atoms with Crippen molar-refractivity contribution >= 4 is 11.6 Å². The molecule has 4 aliphatic rings. The lowest BCUT2D eigenvalue weighted by Crippen LogP contribution is -2.70. The normalized spacial score (nSPS) is 56.5. The van der Waals surface area contributed by atoms with E-state index in [0.29, 0.717) is 38.5 Å². The number of alkyl halides is 1. The molecule has 4 nitrogen and oxygen atoms in total. The second-order valence-electron chi connectivity index (χ2n) is 10.0. The third kappa shape index (κ3) is 1.92. The third-order valence-corrected chi connectivity index (χ3v) is 9.29. The number of ketones is 2. The Balaban J connectivity index is 1.78. The van der Waals surface area contributed by atoms with E-state index in [4.69, 9.17) is 0 Å². The number of Topliss-reactive ketones (excluding diaryl/α,β-unsaturated/α-hetero) is 2. The van der Waals surface area contributed by atoms with Gasteiger partial charge in [-0.15, -0.1) is 0 Å². The fourth-order valence-corrected chi connectivity index (χ4v) is 7.64. The first-order valence-corrected chi connectivity index (χ1v) is 10.1. The second-order valence-corrected chi connectivity index (χ2v) is 10.0. The zero-order valence-electron chi connectivity index (χ0n) is 16.1. The van der Waals surface area contributed by atoms with Crippen LogP contribution in [0.3, 0.4) is 0 Å². The van der Waals surface area contributed by atoms with Crippen LogP contribution in [0, 0.1) is 28.6 Å². The fraction of sp³-hybridized carbons (Fsp3) is 0.905. The highest BCUT2D eigenvalue weighted by atomic mass is 19.1. The topological polar surface area (TPSA) is 74.6 Å². The summed E-state index contributed by atoms with van der Waals surface area (Å²) in [7, 11) is 0. The third-order valence-electron chi connectivity index (χ3n) is 9.29. The summed E-state index contributed by atoms with van der Waals surface area (Å²) < 4.78 is 16.8. The van der Waals surface area contributed by atoms with E-state index >= 15 is 4.39 Å². The Kier molecular flexibility index (Phi) is 3.84. The van der Waals surface area contributed by atoms with Gasteiger partial charge in [0.25, 0.3) is 0 Å². The predicted molar refractivity (Wildman–Crippen MR) is 94.1 cm³/mol. The van der Waals surface area contributed by atoms with Crippen molar-refractivity contribution < 1.29 is 24.2 Å². The van der Waals surface area contributed by atoms with E-state index in [2.05, 4.69) is 0 Å². The molecule has 4 aliphatic carbocycles. The Morgan fingerprint density at radius 2 is 1.81 bits per heavy atom. The molecule has 0 heterocycles. The molecule has 0 spiro atoms. The maximum absolute atomic E-state index is 16.8. The quantitative estimate of drug-likeness (QED) is 0.748. The van der Waals surface area contributed by atoms with Gasteiger partial charge in [0.15, 0.2) is 5.78 Å². The average molecular weight is 366 g/mol. The molecule has 0 bridgehead atoms. The molecule has 2 N–H and O–H groups in total. The van der Waals surface area contributed by atoms with Crippen LogP contribution in [0.15, 0.2) is 0 Å². The van der Waals surface area contributed by atoms with Gasteiger partial charge in [-0.1, -0.05) is 13.8 Å². The smallest absolute Gasteiger partial charge is 0.161 e. The predicted octanol–water partition coefficient (Wildman–Crippen LogP) is 2.98. The second kappa shape index (κ2) is 5.38. The standard InChI is InChI=1S/C21H31FO4/c1-12(23)20(26)9-7-15-16-5-4-13-10-14(24)6-8-18(13,2)21(16,22)17(25)11-19(15,20)3/h13,15-17,25-26H,4-11H2,1-3H3/t13-,15-,16-,17-,18-,19-,20-,21-/m0/s1. The first kappa shape index (κ1) is 18.5. The Hall–Kier alpha value is -0.810. The van der Waals surface area contributed by atoms with Crippen LogP contribution < -0.4 is 0 Å². The molecule has 4 fully saturated rings. The van der Waals surface area contributed by atoms with Gasteiger partial charge in [0.05, 0.1) is 6.10 Å². The molecule has 5 heteroatoms. The van der Waals surface area contributed by atoms with Crippen molar-refractivity contribution in [3.63, 3.8) is 0 Å². The molecular formula is C21H31FO4. The summed E-state index contributed by atoms with van der Waals surface area (Å²) in [6, 6.07) is 0. The number of aliphatic hydroxyl groups excluding tert-OH is 1. The minimum absolute atomic E-state index is 0.0166. The summed E-state index contributed by atoms with van der Waals surface area (Å²) in [5.41, 5.74) is -4.71. The van der Waals surface area contributed by atoms with E-state index in [1.165, 1.54) is 6.92 Å². The molecule has 0 aliphatic heterocycles. The van der Waals surface area contributed by atoms with Gasteiger partial charge >= 0.3 is 0 Å². The van der Waals surface area contributed by atoms with Crippen LogP contribution in [0.4, 0.5) is 4.39 Å². The number of carbonyl (C=O) groups excluding carboxylic acids is 2. The minimum atomic E-state index is -1.75. The number of rotatable bonds is 1. The molecule has 146 valence electrons. The Morgan fingerprint density at radius 3 is 2.46 bits per heavy atom. The van der Waals surface area contributed by atoms with Gasteiger partial charge in [0.1, 0.15) is 17.1 Å². The molecule has 0 unspecified atom stereocenters. The van der Waals surface area contributed by atoms with Gasteiger partial charge < -0.3 is 10.2 Å². The summed E-state index contributed by atoms with van der Waals surface area (Å²) in [6.07, 6.45) is 2.57. The van der Waals surface area contributed by atoms with Crippen LogP contribution in [0.2, 0.25) is 0 Å². The largest absolute Gasteiger partial charge is 0.390 e. The zero-order chi connectivity index (χ0) is 19.1. The molecule has 26 heavy (non-hydrogen) atoms. The van der Waals surface area contributed by atoms with E-state index in [1.807, 2.05) is 13.8 Å². The average Bonchev–Trinajstić information content (AvgIpc) is 2.83. The van der Waals surface area contributed by atoms with Gasteiger partial charge in [-0.05, 0) is 63.2 Å². The molecule has 8 atom stereocenters. The lowest BCUT2D eigenvalue weighted by molar-refractivity contribution is -0.253. The Labute approximate surface area is 154 Å². The van der Waals surface area contributed by atoms with Gasteiger partial charge in [-0.3, -0.25) is 9.59 Å². The van der Waals surface area contributed by atoms with Crippen LogP contribution in [-0.2, 0) is 9.59 Å². The number of carbonyl (C=O) groups is 2. The lowest BCUT2D eigenvalue weighted by atomic mass is 9.42. The van der Waals surface area contributed by atoms with Gasteiger partial charge in [0, 0.05) is 23.7 Å². The van der Waals surface area contributed by atoms with E-state index in [1.54, 1.807) is 0 Å². The number of hydrogen-bond acceptors (Lipinski definition) is 4. The van der Waals surface area contributed by atoms with E-state index in [-0.39, 0.29) is 35.7 Å². The van der Waals surface area contributed by atoms with Crippen LogP contribution in [0.5, 0.6) is 0 Å². The fourth-order valence-electron chi connectivity index (χ4n) is 7.64. The molecule has 0 amide bonds. The number of halogens is 1. The summed E-state index contributed by atoms with van der Waals surface area (Å²) in [6.45, 7) is 5.20. The molecule has 0 saturated heterocycles. The summed E-state index contributed by atoms with van der Waals surface area (Å²) in [4.78, 5) is 24.2. The molecule has 0 aromatic heterocycles. The van der Waals surface area contributed by atoms with Crippen molar-refractivity contribution in [2.45, 2.75) is 89.5 Å². The SMILES string of the molecule is CC(=O)[C@@]1(O)CC[C@H]2[C@@H]3CC[C@H]4CC(=O)CC[C@]4(C)[C@@]3(F)[C@@H](O)C[C@@]21C. The lowest BCUT2D eigenvalue weighted by Gasteiger charge is -2.65. The first-order chi connectivity index (χ1) is 12.0. The Morgan fingerprint density at radius 1 is 1.12 bits per heavy atom. The van der Waals surface area contributed by atoms with Crippen molar-refractivity contribution in [2.75, 3.05) is 0 Å². The number of hydrogen-bond donors (Lipinski definition) is 2. The Bertz CT molecular complexity index is 664. The molecular weight excluding hydrogens is 335 g/mol. The van der Waals surface area contributed by atoms with E-state index in [9.17, 15) is 19.8 Å². The first-order valence-electron chi connectivity index (χ1n) is 10.1. The highest BCUT2D eigenvalue weighted by molar-refractivity contribution is 5.86. The van der Waals surface area contributed by atoms with Crippen LogP contribution in [0.25, 0.3) is 0 Å². The van der Waals surface area contributed by atoms with Gasteiger partial charge in [0.2, 0.25) is 0 Å². The molecule has 4 rings (SSSR count). The molecule has 0 aromatic carbocycles. The number of fused-ring (bicyclic) bond motifs is 5. The summed E-state index contributed by atoms with van der Waals surface area (Å²) in [5.74, 6) is -0.558. The number of aliphatic hydroxyl groups is 2. The highest BCUT2D eigenvalue weighted by Gasteiger charge is 2.74. The maximum Gasteiger partial charge on any atom is 0.161 e. The van der Waals surface area contributed by atoms with Crippen LogP contribution >= 0.6 is 0 Å². The molecule has 0 aromatic rings. The van der Waals surface area contributed by atoms with Crippen molar-refractivity contribution in [1.29, 1.82) is 0 Å². The maximum atomic E-state index is 16.8. The van der Waals surface area contributed by atoms with Crippen LogP contribution in [0.1, 0.15) is 72.1 Å². The van der Waals surface area contributed by atoms with E-state index in [0.717, 1.165) is 6.42 Å². The van der Waals surface area contributed by atoms with E-state index < -0.39 is 28.2 Å².